The van der Waals surface area contributed by atoms with Gasteiger partial charge in [-0.05, 0) is 50.0 Å². The summed E-state index contributed by atoms with van der Waals surface area (Å²) in [5.41, 5.74) is 2.88. The van der Waals surface area contributed by atoms with E-state index in [0.29, 0.717) is 6.54 Å². The summed E-state index contributed by atoms with van der Waals surface area (Å²) in [5.74, 6) is -0.236. The molecule has 0 aromatic heterocycles. The molecular formula is C26H34N2O2. The van der Waals surface area contributed by atoms with Crippen LogP contribution in [-0.4, -0.2) is 42.8 Å². The fourth-order valence-corrected chi connectivity index (χ4v) is 4.37. The third-order valence-electron chi connectivity index (χ3n) is 6.31. The molecule has 0 spiro atoms. The van der Waals surface area contributed by atoms with Gasteiger partial charge in [0.25, 0.3) is 0 Å². The average Bonchev–Trinajstić information content (AvgIpc) is 2.78. The van der Waals surface area contributed by atoms with Gasteiger partial charge >= 0.3 is 0 Å². The van der Waals surface area contributed by atoms with Crippen molar-refractivity contribution in [1.82, 2.24) is 10.2 Å². The van der Waals surface area contributed by atoms with Gasteiger partial charge in [0, 0.05) is 17.9 Å². The summed E-state index contributed by atoms with van der Waals surface area (Å²) in [4.78, 5) is 26.0. The van der Waals surface area contributed by atoms with Crippen LogP contribution in [-0.2, 0) is 15.0 Å². The van der Waals surface area contributed by atoms with Gasteiger partial charge in [-0.3, -0.25) is 9.59 Å². The lowest BCUT2D eigenvalue weighted by Crippen LogP contribution is -2.44. The molecule has 30 heavy (non-hydrogen) atoms. The molecule has 1 heterocycles. The highest BCUT2D eigenvalue weighted by Crippen LogP contribution is 2.41. The van der Waals surface area contributed by atoms with E-state index in [4.69, 9.17) is 0 Å². The summed E-state index contributed by atoms with van der Waals surface area (Å²) in [6.45, 7) is 7.35. The van der Waals surface area contributed by atoms with Gasteiger partial charge in [-0.15, -0.1) is 0 Å². The van der Waals surface area contributed by atoms with Crippen LogP contribution < -0.4 is 5.32 Å². The number of Topliss-reactive ketones (excluding diaryl/α,β-unsaturated/α-hetero) is 1. The molecule has 1 aliphatic heterocycles. The Morgan fingerprint density at radius 3 is 1.97 bits per heavy atom. The van der Waals surface area contributed by atoms with E-state index in [2.05, 4.69) is 70.9 Å². The first-order valence-electron chi connectivity index (χ1n) is 11.1. The summed E-state index contributed by atoms with van der Waals surface area (Å²) in [7, 11) is 0. The second-order valence-corrected chi connectivity index (χ2v) is 8.66. The minimum atomic E-state index is -0.153. The second-order valence-electron chi connectivity index (χ2n) is 8.66. The van der Waals surface area contributed by atoms with Crippen molar-refractivity contribution in [2.24, 2.45) is 5.92 Å². The van der Waals surface area contributed by atoms with E-state index in [-0.39, 0.29) is 29.4 Å². The predicted molar refractivity (Wildman–Crippen MR) is 121 cm³/mol. The van der Waals surface area contributed by atoms with Crippen LogP contribution in [0.2, 0.25) is 0 Å². The Morgan fingerprint density at radius 2 is 1.47 bits per heavy atom. The van der Waals surface area contributed by atoms with E-state index in [1.807, 2.05) is 13.8 Å². The largest absolute Gasteiger partial charge is 0.356 e. The number of likely N-dealkylation sites (tertiary alicyclic amines) is 1. The highest BCUT2D eigenvalue weighted by atomic mass is 16.2. The number of hydrogen-bond donors (Lipinski definition) is 1. The van der Waals surface area contributed by atoms with E-state index in [9.17, 15) is 9.59 Å². The van der Waals surface area contributed by atoms with E-state index in [0.717, 1.165) is 38.9 Å². The van der Waals surface area contributed by atoms with Crippen LogP contribution in [0, 0.1) is 5.92 Å². The predicted octanol–water partition coefficient (Wildman–Crippen LogP) is 4.19. The molecule has 0 bridgehead atoms. The molecule has 4 nitrogen and oxygen atoms in total. The molecule has 1 aliphatic rings. The summed E-state index contributed by atoms with van der Waals surface area (Å²) < 4.78 is 0. The van der Waals surface area contributed by atoms with Crippen molar-refractivity contribution >= 4 is 11.7 Å². The first kappa shape index (κ1) is 22.2. The number of carbonyl (C=O) groups excluding carboxylic acids is 2. The van der Waals surface area contributed by atoms with Crippen LogP contribution in [0.3, 0.4) is 0 Å². The zero-order valence-electron chi connectivity index (χ0n) is 18.3. The smallest absolute Gasteiger partial charge is 0.227 e. The Morgan fingerprint density at radius 1 is 0.933 bits per heavy atom. The standard InChI is InChI=1S/C26H34N2O2/c1-21(2)24(29)20-25(30)27-16-9-17-28-18-14-26(15-19-28,22-10-5-3-6-11-22)23-12-7-4-8-13-23/h3-8,10-13,21H,9,14-20H2,1-2H3,(H,27,30). The fourth-order valence-electron chi connectivity index (χ4n) is 4.37. The van der Waals surface area contributed by atoms with E-state index >= 15 is 0 Å². The molecule has 0 atom stereocenters. The number of ketones is 1. The Hall–Kier alpha value is -2.46. The van der Waals surface area contributed by atoms with Crippen LogP contribution in [0.25, 0.3) is 0 Å². The van der Waals surface area contributed by atoms with E-state index in [1.165, 1.54) is 11.1 Å². The minimum absolute atomic E-state index is 0.00157. The number of benzene rings is 2. The minimum Gasteiger partial charge on any atom is -0.356 e. The number of piperidine rings is 1. The molecule has 1 amide bonds. The van der Waals surface area contributed by atoms with Crippen molar-refractivity contribution in [2.75, 3.05) is 26.2 Å². The molecule has 1 N–H and O–H groups in total. The maximum atomic E-state index is 11.9. The Labute approximate surface area is 180 Å². The Bertz CT molecular complexity index is 768. The van der Waals surface area contributed by atoms with Gasteiger partial charge in [0.1, 0.15) is 5.78 Å². The number of rotatable bonds is 9. The monoisotopic (exact) mass is 406 g/mol. The summed E-state index contributed by atoms with van der Waals surface area (Å²) in [6, 6.07) is 21.8. The zero-order valence-corrected chi connectivity index (χ0v) is 18.3. The molecule has 0 saturated carbocycles. The first-order chi connectivity index (χ1) is 14.5. The fraction of sp³-hybridized carbons (Fsp3) is 0.462. The second kappa shape index (κ2) is 10.5. The molecule has 4 heteroatoms. The molecule has 160 valence electrons. The molecule has 2 aromatic rings. The highest BCUT2D eigenvalue weighted by molar-refractivity contribution is 5.98. The normalized spacial score (nSPS) is 16.4. The number of nitrogens with zero attached hydrogens (tertiary/aromatic N) is 1. The number of hydrogen-bond acceptors (Lipinski definition) is 3. The lowest BCUT2D eigenvalue weighted by molar-refractivity contribution is -0.129. The highest BCUT2D eigenvalue weighted by Gasteiger charge is 2.37. The van der Waals surface area contributed by atoms with Gasteiger partial charge in [0.05, 0.1) is 6.42 Å². The van der Waals surface area contributed by atoms with Crippen LogP contribution >= 0.6 is 0 Å². The van der Waals surface area contributed by atoms with Crippen molar-refractivity contribution in [3.8, 4) is 0 Å². The van der Waals surface area contributed by atoms with Crippen LogP contribution in [0.5, 0.6) is 0 Å². The maximum Gasteiger partial charge on any atom is 0.227 e. The quantitative estimate of drug-likeness (QED) is 0.502. The van der Waals surface area contributed by atoms with E-state index in [1.54, 1.807) is 0 Å². The molecular weight excluding hydrogens is 372 g/mol. The summed E-state index contributed by atoms with van der Waals surface area (Å²) in [6.07, 6.45) is 3.09. The topological polar surface area (TPSA) is 49.4 Å². The van der Waals surface area contributed by atoms with Crippen LogP contribution in [0.1, 0.15) is 50.7 Å². The lowest BCUT2D eigenvalue weighted by atomic mass is 9.68. The molecule has 1 saturated heterocycles. The van der Waals surface area contributed by atoms with Gasteiger partial charge in [-0.2, -0.15) is 0 Å². The van der Waals surface area contributed by atoms with Crippen molar-refractivity contribution in [3.63, 3.8) is 0 Å². The number of carbonyl (C=O) groups is 2. The first-order valence-corrected chi connectivity index (χ1v) is 11.1. The maximum absolute atomic E-state index is 11.9. The molecule has 0 radical (unpaired) electrons. The summed E-state index contributed by atoms with van der Waals surface area (Å²) in [5, 5.41) is 2.89. The van der Waals surface area contributed by atoms with Gasteiger partial charge in [-0.1, -0.05) is 74.5 Å². The van der Waals surface area contributed by atoms with Crippen molar-refractivity contribution in [2.45, 2.75) is 44.9 Å². The van der Waals surface area contributed by atoms with E-state index < -0.39 is 0 Å². The van der Waals surface area contributed by atoms with Gasteiger partial charge < -0.3 is 10.2 Å². The molecule has 1 fully saturated rings. The Kier molecular flexibility index (Phi) is 7.81. The molecule has 0 unspecified atom stereocenters. The Balaban J connectivity index is 1.51. The molecule has 0 aliphatic carbocycles. The van der Waals surface area contributed by atoms with Crippen molar-refractivity contribution in [3.05, 3.63) is 71.8 Å². The SMILES string of the molecule is CC(C)C(=O)CC(=O)NCCCN1CCC(c2ccccc2)(c2ccccc2)CC1. The van der Waals surface area contributed by atoms with Gasteiger partial charge in [-0.25, -0.2) is 0 Å². The van der Waals surface area contributed by atoms with Crippen molar-refractivity contribution < 1.29 is 9.59 Å². The van der Waals surface area contributed by atoms with Gasteiger partial charge in [0.2, 0.25) is 5.91 Å². The molecule has 3 rings (SSSR count). The zero-order chi connectivity index (χ0) is 21.4. The lowest BCUT2D eigenvalue weighted by Gasteiger charge is -2.43. The number of nitrogens with one attached hydrogen (secondary N) is 1. The molecule has 2 aromatic carbocycles. The van der Waals surface area contributed by atoms with Crippen LogP contribution in [0.4, 0.5) is 0 Å². The third-order valence-corrected chi connectivity index (χ3v) is 6.31. The van der Waals surface area contributed by atoms with Crippen LogP contribution in [0.15, 0.2) is 60.7 Å². The van der Waals surface area contributed by atoms with Gasteiger partial charge in [0.15, 0.2) is 0 Å². The summed E-state index contributed by atoms with van der Waals surface area (Å²) >= 11 is 0. The number of amides is 1. The van der Waals surface area contributed by atoms with Crippen molar-refractivity contribution in [1.29, 1.82) is 0 Å². The average molecular weight is 407 g/mol. The third kappa shape index (κ3) is 5.57.